The largest absolute Gasteiger partial charge is 0.496 e. The minimum Gasteiger partial charge on any atom is -0.496 e. The van der Waals surface area contributed by atoms with E-state index in [0.29, 0.717) is 58.2 Å². The molecule has 9 heteroatoms. The number of nitrogens with zero attached hydrogens (tertiary/aromatic N) is 3. The van der Waals surface area contributed by atoms with E-state index in [2.05, 4.69) is 17.1 Å². The first kappa shape index (κ1) is 24.4. The van der Waals surface area contributed by atoms with Gasteiger partial charge in [0.25, 0.3) is 5.91 Å². The zero-order chi connectivity index (χ0) is 24.0. The van der Waals surface area contributed by atoms with Gasteiger partial charge in [-0.05, 0) is 23.8 Å². The summed E-state index contributed by atoms with van der Waals surface area (Å²) in [5.41, 5.74) is 1.40. The zero-order valence-corrected chi connectivity index (χ0v) is 20.2. The number of methoxy groups -OCH3 is 1. The number of carbonyl (C=O) groups is 1. The van der Waals surface area contributed by atoms with Gasteiger partial charge in [-0.15, -0.1) is 0 Å². The van der Waals surface area contributed by atoms with E-state index < -0.39 is 10.0 Å². The topological polar surface area (TPSA) is 79.4 Å². The maximum absolute atomic E-state index is 13.4. The fourth-order valence-corrected chi connectivity index (χ4v) is 5.60. The maximum Gasteiger partial charge on any atom is 0.257 e. The molecule has 0 spiro atoms. The summed E-state index contributed by atoms with van der Waals surface area (Å²) in [6.07, 6.45) is 4.18. The number of rotatable bonds is 7. The Balaban J connectivity index is 1.42. The molecule has 2 heterocycles. The van der Waals surface area contributed by atoms with Crippen LogP contribution in [0.4, 0.5) is 0 Å². The van der Waals surface area contributed by atoms with E-state index in [1.807, 2.05) is 30.3 Å². The van der Waals surface area contributed by atoms with E-state index >= 15 is 0 Å². The minimum absolute atomic E-state index is 0.113. The summed E-state index contributed by atoms with van der Waals surface area (Å²) >= 11 is 0. The quantitative estimate of drug-likeness (QED) is 0.598. The number of benzene rings is 2. The lowest BCUT2D eigenvalue weighted by Gasteiger charge is -2.33. The Hall–Kier alpha value is -2.72. The SMILES string of the molecule is COc1ccc(S(=O)(=O)N2CCN(C/C=C/c3ccccc3)CC2)cc1C(=O)N1CCOCC1. The number of hydrogen-bond acceptors (Lipinski definition) is 6. The third kappa shape index (κ3) is 5.67. The van der Waals surface area contributed by atoms with Crippen LogP contribution in [0.3, 0.4) is 0 Å². The van der Waals surface area contributed by atoms with Crippen molar-refractivity contribution >= 4 is 22.0 Å². The Morgan fingerprint density at radius 1 is 1.00 bits per heavy atom. The maximum atomic E-state index is 13.4. The summed E-state index contributed by atoms with van der Waals surface area (Å²) in [7, 11) is -2.25. The van der Waals surface area contributed by atoms with Crippen LogP contribution in [0.2, 0.25) is 0 Å². The smallest absolute Gasteiger partial charge is 0.257 e. The second kappa shape index (κ2) is 11.1. The molecule has 2 aliphatic rings. The van der Waals surface area contributed by atoms with Crippen LogP contribution >= 0.6 is 0 Å². The second-order valence-corrected chi connectivity index (χ2v) is 10.2. The standard InChI is InChI=1S/C25H31N3O5S/c1-32-24-10-9-22(20-23(24)25(29)27-16-18-33-19-17-27)34(30,31)28-14-12-26(13-15-28)11-5-8-21-6-3-2-4-7-21/h2-10,20H,11-19H2,1H3/b8-5+. The molecule has 34 heavy (non-hydrogen) atoms. The highest BCUT2D eigenvalue weighted by Crippen LogP contribution is 2.27. The van der Waals surface area contributed by atoms with Crippen LogP contribution in [-0.4, -0.2) is 94.6 Å². The average Bonchev–Trinajstić information content (AvgIpc) is 2.89. The van der Waals surface area contributed by atoms with E-state index in [4.69, 9.17) is 9.47 Å². The molecule has 0 N–H and O–H groups in total. The molecular formula is C25H31N3O5S. The van der Waals surface area contributed by atoms with Gasteiger partial charge in [0.2, 0.25) is 10.0 Å². The molecular weight excluding hydrogens is 454 g/mol. The van der Waals surface area contributed by atoms with Crippen LogP contribution < -0.4 is 4.74 Å². The highest BCUT2D eigenvalue weighted by atomic mass is 32.2. The number of sulfonamides is 1. The van der Waals surface area contributed by atoms with Crippen molar-refractivity contribution in [1.29, 1.82) is 0 Å². The molecule has 4 rings (SSSR count). The predicted octanol–water partition coefficient (Wildman–Crippen LogP) is 2.19. The molecule has 2 aromatic carbocycles. The number of morpholine rings is 1. The summed E-state index contributed by atoms with van der Waals surface area (Å²) in [5, 5.41) is 0. The molecule has 2 aliphatic heterocycles. The highest BCUT2D eigenvalue weighted by molar-refractivity contribution is 7.89. The van der Waals surface area contributed by atoms with Gasteiger partial charge in [0.05, 0.1) is 30.8 Å². The molecule has 0 aromatic heterocycles. The van der Waals surface area contributed by atoms with E-state index in [9.17, 15) is 13.2 Å². The fourth-order valence-electron chi connectivity index (χ4n) is 4.15. The Kier molecular flexibility index (Phi) is 7.99. The van der Waals surface area contributed by atoms with Crippen LogP contribution in [-0.2, 0) is 14.8 Å². The Morgan fingerprint density at radius 2 is 1.71 bits per heavy atom. The van der Waals surface area contributed by atoms with Crippen molar-refractivity contribution < 1.29 is 22.7 Å². The van der Waals surface area contributed by atoms with Crippen molar-refractivity contribution in [2.45, 2.75) is 4.90 Å². The summed E-state index contributed by atoms with van der Waals surface area (Å²) in [4.78, 5) is 17.1. The Morgan fingerprint density at radius 3 is 2.38 bits per heavy atom. The van der Waals surface area contributed by atoms with Crippen LogP contribution in [0.15, 0.2) is 59.5 Å². The van der Waals surface area contributed by atoms with Crippen molar-refractivity contribution in [3.8, 4) is 5.75 Å². The normalized spacial score (nSPS) is 18.3. The molecule has 8 nitrogen and oxygen atoms in total. The summed E-state index contributed by atoms with van der Waals surface area (Å²) in [5.74, 6) is 0.123. The number of hydrogen-bond donors (Lipinski definition) is 0. The zero-order valence-electron chi connectivity index (χ0n) is 19.4. The highest BCUT2D eigenvalue weighted by Gasteiger charge is 2.30. The van der Waals surface area contributed by atoms with Crippen LogP contribution in [0.1, 0.15) is 15.9 Å². The molecule has 0 atom stereocenters. The van der Waals surface area contributed by atoms with Crippen molar-refractivity contribution in [3.05, 3.63) is 65.7 Å². The molecule has 2 aromatic rings. The van der Waals surface area contributed by atoms with Gasteiger partial charge in [0.15, 0.2) is 0 Å². The monoisotopic (exact) mass is 485 g/mol. The number of carbonyl (C=O) groups excluding carboxylic acids is 1. The first-order valence-electron chi connectivity index (χ1n) is 11.5. The molecule has 0 bridgehead atoms. The Labute approximate surface area is 201 Å². The molecule has 0 unspecified atom stereocenters. The second-order valence-electron chi connectivity index (χ2n) is 8.28. The van der Waals surface area contributed by atoms with Gasteiger partial charge >= 0.3 is 0 Å². The van der Waals surface area contributed by atoms with Gasteiger partial charge in [-0.1, -0.05) is 42.5 Å². The van der Waals surface area contributed by atoms with E-state index in [1.54, 1.807) is 11.0 Å². The lowest BCUT2D eigenvalue weighted by Crippen LogP contribution is -2.48. The van der Waals surface area contributed by atoms with E-state index in [-0.39, 0.29) is 16.4 Å². The van der Waals surface area contributed by atoms with Gasteiger partial charge in [-0.2, -0.15) is 4.31 Å². The molecule has 0 saturated carbocycles. The number of amides is 1. The predicted molar refractivity (Wildman–Crippen MR) is 130 cm³/mol. The van der Waals surface area contributed by atoms with Gasteiger partial charge in [0.1, 0.15) is 5.75 Å². The molecule has 0 radical (unpaired) electrons. The van der Waals surface area contributed by atoms with Gasteiger partial charge < -0.3 is 14.4 Å². The van der Waals surface area contributed by atoms with Crippen molar-refractivity contribution in [3.63, 3.8) is 0 Å². The number of piperazine rings is 1. The summed E-state index contributed by atoms with van der Waals surface area (Å²) in [6, 6.07) is 14.6. The Bertz CT molecular complexity index is 1110. The van der Waals surface area contributed by atoms with Crippen molar-refractivity contribution in [2.75, 3.05) is 66.1 Å². The van der Waals surface area contributed by atoms with E-state index in [1.165, 1.54) is 23.5 Å². The minimum atomic E-state index is -3.72. The third-order valence-electron chi connectivity index (χ3n) is 6.14. The molecule has 0 aliphatic carbocycles. The van der Waals surface area contributed by atoms with Gasteiger partial charge in [0, 0.05) is 45.8 Å². The molecule has 182 valence electrons. The summed E-state index contributed by atoms with van der Waals surface area (Å²) < 4.78 is 38.9. The number of ether oxygens (including phenoxy) is 2. The lowest BCUT2D eigenvalue weighted by molar-refractivity contribution is 0.0300. The third-order valence-corrected chi connectivity index (χ3v) is 8.04. The lowest BCUT2D eigenvalue weighted by atomic mass is 10.1. The molecule has 2 fully saturated rings. The summed E-state index contributed by atoms with van der Waals surface area (Å²) in [6.45, 7) is 4.75. The molecule has 1 amide bonds. The average molecular weight is 486 g/mol. The van der Waals surface area contributed by atoms with Crippen LogP contribution in [0.5, 0.6) is 5.75 Å². The fraction of sp³-hybridized carbons (Fsp3) is 0.400. The van der Waals surface area contributed by atoms with Gasteiger partial charge in [-0.25, -0.2) is 8.42 Å². The van der Waals surface area contributed by atoms with Crippen LogP contribution in [0.25, 0.3) is 6.08 Å². The van der Waals surface area contributed by atoms with E-state index in [0.717, 1.165) is 12.1 Å². The first-order chi connectivity index (χ1) is 16.5. The van der Waals surface area contributed by atoms with Crippen molar-refractivity contribution in [1.82, 2.24) is 14.1 Å². The first-order valence-corrected chi connectivity index (χ1v) is 12.9. The molecule has 2 saturated heterocycles. The van der Waals surface area contributed by atoms with Gasteiger partial charge in [-0.3, -0.25) is 9.69 Å². The van der Waals surface area contributed by atoms with Crippen molar-refractivity contribution in [2.24, 2.45) is 0 Å². The van der Waals surface area contributed by atoms with Crippen LogP contribution in [0, 0.1) is 0 Å².